The summed E-state index contributed by atoms with van der Waals surface area (Å²) in [6.07, 6.45) is 2.75. The average molecular weight is 378 g/mol. The molecule has 8 heteroatoms. The van der Waals surface area contributed by atoms with E-state index in [2.05, 4.69) is 15.3 Å². The van der Waals surface area contributed by atoms with Crippen LogP contribution in [0.4, 0.5) is 4.39 Å². The van der Waals surface area contributed by atoms with E-state index in [4.69, 9.17) is 9.15 Å². The smallest absolute Gasteiger partial charge is 0.338 e. The molecule has 0 radical (unpaired) electrons. The lowest BCUT2D eigenvalue weighted by Crippen LogP contribution is -2.09. The van der Waals surface area contributed by atoms with Gasteiger partial charge in [-0.25, -0.2) is 13.9 Å². The molecule has 0 aliphatic carbocycles. The monoisotopic (exact) mass is 378 g/mol. The molecular weight excluding hydrogens is 363 g/mol. The van der Waals surface area contributed by atoms with E-state index in [1.165, 1.54) is 24.3 Å². The summed E-state index contributed by atoms with van der Waals surface area (Å²) in [7, 11) is 0. The number of hydrogen-bond donors (Lipinski definition) is 0. The number of aromatic nitrogens is 4. The molecule has 0 unspecified atom stereocenters. The van der Waals surface area contributed by atoms with Gasteiger partial charge < -0.3 is 9.15 Å². The topological polar surface area (TPSA) is 83.0 Å². The Balaban J connectivity index is 1.44. The first-order valence-corrected chi connectivity index (χ1v) is 8.50. The zero-order valence-electron chi connectivity index (χ0n) is 14.8. The van der Waals surface area contributed by atoms with Gasteiger partial charge in [0.05, 0.1) is 11.3 Å². The first-order valence-electron chi connectivity index (χ1n) is 8.50. The molecule has 0 aliphatic heterocycles. The molecule has 140 valence electrons. The number of ether oxygens (including phenoxy) is 1. The fraction of sp³-hybridized carbons (Fsp3) is 0.100. The van der Waals surface area contributed by atoms with Gasteiger partial charge in [0.1, 0.15) is 5.82 Å². The summed E-state index contributed by atoms with van der Waals surface area (Å²) in [5.74, 6) is -0.493. The van der Waals surface area contributed by atoms with Crippen molar-refractivity contribution < 1.29 is 18.3 Å². The predicted molar refractivity (Wildman–Crippen MR) is 97.1 cm³/mol. The van der Waals surface area contributed by atoms with Gasteiger partial charge in [-0.05, 0) is 61.5 Å². The molecule has 4 aromatic rings. The summed E-state index contributed by atoms with van der Waals surface area (Å²) in [4.78, 5) is 12.4. The number of hydrogen-bond acceptors (Lipinski definition) is 6. The van der Waals surface area contributed by atoms with Gasteiger partial charge in [-0.2, -0.15) is 5.10 Å². The van der Waals surface area contributed by atoms with E-state index >= 15 is 0 Å². The van der Waals surface area contributed by atoms with Crippen molar-refractivity contribution in [1.29, 1.82) is 0 Å². The van der Waals surface area contributed by atoms with Gasteiger partial charge in [0.15, 0.2) is 6.10 Å². The van der Waals surface area contributed by atoms with Gasteiger partial charge in [0, 0.05) is 18.0 Å². The van der Waals surface area contributed by atoms with Crippen molar-refractivity contribution >= 4 is 5.97 Å². The van der Waals surface area contributed by atoms with E-state index in [1.807, 2.05) is 12.3 Å². The fourth-order valence-electron chi connectivity index (χ4n) is 2.56. The third kappa shape index (κ3) is 3.66. The highest BCUT2D eigenvalue weighted by Crippen LogP contribution is 2.23. The molecule has 0 spiro atoms. The molecule has 0 aliphatic rings. The van der Waals surface area contributed by atoms with Crippen molar-refractivity contribution in [3.63, 3.8) is 0 Å². The molecule has 0 saturated carbocycles. The fourth-order valence-corrected chi connectivity index (χ4v) is 2.56. The second-order valence-electron chi connectivity index (χ2n) is 6.00. The Morgan fingerprint density at radius 3 is 2.54 bits per heavy atom. The largest absolute Gasteiger partial charge is 0.449 e. The van der Waals surface area contributed by atoms with Crippen LogP contribution in [-0.4, -0.2) is 25.9 Å². The summed E-state index contributed by atoms with van der Waals surface area (Å²) >= 11 is 0. The Hall–Kier alpha value is -3.81. The Morgan fingerprint density at radius 2 is 1.86 bits per heavy atom. The molecule has 2 heterocycles. The maximum Gasteiger partial charge on any atom is 0.338 e. The van der Waals surface area contributed by atoms with Crippen LogP contribution in [0.1, 0.15) is 29.3 Å². The molecule has 7 nitrogen and oxygen atoms in total. The van der Waals surface area contributed by atoms with Gasteiger partial charge in [0.2, 0.25) is 5.89 Å². The lowest BCUT2D eigenvalue weighted by molar-refractivity contribution is 0.0280. The van der Waals surface area contributed by atoms with E-state index < -0.39 is 12.1 Å². The van der Waals surface area contributed by atoms with Crippen molar-refractivity contribution in [3.05, 3.63) is 84.3 Å². The molecule has 0 saturated heterocycles. The minimum absolute atomic E-state index is 0.154. The molecule has 2 aromatic heterocycles. The summed E-state index contributed by atoms with van der Waals surface area (Å²) in [6, 6.07) is 14.3. The minimum atomic E-state index is -0.736. The second kappa shape index (κ2) is 7.43. The molecular formula is C20H15FN4O3. The van der Waals surface area contributed by atoms with Crippen molar-refractivity contribution in [2.24, 2.45) is 0 Å². The summed E-state index contributed by atoms with van der Waals surface area (Å²) in [5, 5.41) is 12.0. The number of rotatable bonds is 5. The molecule has 4 rings (SSSR count). The number of esters is 1. The summed E-state index contributed by atoms with van der Waals surface area (Å²) < 4.78 is 25.7. The van der Waals surface area contributed by atoms with Gasteiger partial charge in [-0.3, -0.25) is 0 Å². The summed E-state index contributed by atoms with van der Waals surface area (Å²) in [6.45, 7) is 1.64. The highest BCUT2D eigenvalue weighted by Gasteiger charge is 2.20. The minimum Gasteiger partial charge on any atom is -0.449 e. The Labute approximate surface area is 159 Å². The van der Waals surface area contributed by atoms with Crippen LogP contribution in [0.25, 0.3) is 17.1 Å². The molecule has 0 amide bonds. The quantitative estimate of drug-likeness (QED) is 0.489. The van der Waals surface area contributed by atoms with Crippen molar-refractivity contribution in [1.82, 2.24) is 20.0 Å². The first kappa shape index (κ1) is 17.6. The van der Waals surface area contributed by atoms with Crippen LogP contribution >= 0.6 is 0 Å². The molecule has 1 atom stereocenters. The van der Waals surface area contributed by atoms with E-state index in [0.29, 0.717) is 11.1 Å². The zero-order valence-corrected chi connectivity index (χ0v) is 14.8. The van der Waals surface area contributed by atoms with E-state index in [9.17, 15) is 9.18 Å². The number of nitrogens with zero attached hydrogens (tertiary/aromatic N) is 4. The number of benzene rings is 2. The maximum atomic E-state index is 13.0. The van der Waals surface area contributed by atoms with Gasteiger partial charge in [-0.15, -0.1) is 10.2 Å². The predicted octanol–water partition coefficient (Wildman–Crippen LogP) is 3.98. The second-order valence-corrected chi connectivity index (χ2v) is 6.00. The number of halogens is 1. The Kier molecular flexibility index (Phi) is 4.67. The van der Waals surface area contributed by atoms with E-state index in [1.54, 1.807) is 42.1 Å². The van der Waals surface area contributed by atoms with E-state index in [-0.39, 0.29) is 17.6 Å². The molecule has 2 aromatic carbocycles. The first-order chi connectivity index (χ1) is 13.6. The van der Waals surface area contributed by atoms with Crippen LogP contribution in [0, 0.1) is 5.82 Å². The van der Waals surface area contributed by atoms with Gasteiger partial charge in [-0.1, -0.05) is 0 Å². The lowest BCUT2D eigenvalue weighted by Gasteiger charge is -2.10. The van der Waals surface area contributed by atoms with Crippen LogP contribution < -0.4 is 0 Å². The van der Waals surface area contributed by atoms with Crippen LogP contribution in [0.15, 0.2) is 71.4 Å². The Morgan fingerprint density at radius 1 is 1.11 bits per heavy atom. The molecule has 28 heavy (non-hydrogen) atoms. The van der Waals surface area contributed by atoms with Gasteiger partial charge >= 0.3 is 5.97 Å². The van der Waals surface area contributed by atoms with Crippen LogP contribution in [0.3, 0.4) is 0 Å². The number of carbonyl (C=O) groups excluding carboxylic acids is 1. The van der Waals surface area contributed by atoms with Crippen molar-refractivity contribution in [3.8, 4) is 17.1 Å². The summed E-state index contributed by atoms with van der Waals surface area (Å²) in [5.41, 5.74) is 1.80. The van der Waals surface area contributed by atoms with Crippen molar-refractivity contribution in [2.45, 2.75) is 13.0 Å². The van der Waals surface area contributed by atoms with Crippen LogP contribution in [-0.2, 0) is 4.74 Å². The standard InChI is InChI=1S/C20H15FN4O3/c1-13(18-23-24-19(28-18)14-3-7-16(21)8-4-14)27-20(26)15-5-9-17(10-6-15)25-12-2-11-22-25/h2-13H,1H3/t13-/m1/s1. The molecule has 0 N–H and O–H groups in total. The van der Waals surface area contributed by atoms with Crippen molar-refractivity contribution in [2.75, 3.05) is 0 Å². The molecule has 0 bridgehead atoms. The number of carbonyl (C=O) groups is 1. The van der Waals surface area contributed by atoms with Crippen LogP contribution in [0.2, 0.25) is 0 Å². The molecule has 0 fully saturated rings. The van der Waals surface area contributed by atoms with Gasteiger partial charge in [0.25, 0.3) is 5.89 Å². The SMILES string of the molecule is C[C@@H](OC(=O)c1ccc(-n2cccn2)cc1)c1nnc(-c2ccc(F)cc2)o1. The third-order valence-corrected chi connectivity index (χ3v) is 4.04. The van der Waals surface area contributed by atoms with Crippen LogP contribution in [0.5, 0.6) is 0 Å². The maximum absolute atomic E-state index is 13.0. The average Bonchev–Trinajstić information content (AvgIpc) is 3.41. The lowest BCUT2D eigenvalue weighted by atomic mass is 10.2. The Bertz CT molecular complexity index is 1070. The zero-order chi connectivity index (χ0) is 19.5. The highest BCUT2D eigenvalue weighted by atomic mass is 19.1. The highest BCUT2D eigenvalue weighted by molar-refractivity contribution is 5.89. The normalized spacial score (nSPS) is 11.9. The van der Waals surface area contributed by atoms with E-state index in [0.717, 1.165) is 5.69 Å². The third-order valence-electron chi connectivity index (χ3n) is 4.04.